The molecule has 6 heteroatoms. The van der Waals surface area contributed by atoms with E-state index in [4.69, 9.17) is 0 Å². The molecule has 0 aliphatic rings. The van der Waals surface area contributed by atoms with Gasteiger partial charge in [-0.3, -0.25) is 0 Å². The maximum absolute atomic E-state index is 13.1. The molecule has 0 aliphatic heterocycles. The number of hydrogen-bond acceptors (Lipinski definition) is 4. The van der Waals surface area contributed by atoms with Crippen LogP contribution in [0.25, 0.3) is 17.3 Å². The van der Waals surface area contributed by atoms with E-state index in [1.807, 2.05) is 32.2 Å². The molecule has 0 radical (unpaired) electrons. The molecule has 0 bridgehead atoms. The van der Waals surface area contributed by atoms with E-state index in [0.717, 1.165) is 28.3 Å². The minimum atomic E-state index is -0.286. The quantitative estimate of drug-likeness (QED) is 0.663. The summed E-state index contributed by atoms with van der Waals surface area (Å²) < 4.78 is 14.9. The molecule has 0 N–H and O–H groups in total. The molecule has 3 rings (SSSR count). The number of hydrogen-bond donors (Lipinski definition) is 0. The monoisotopic (exact) mass is 338 g/mol. The molecule has 1 aromatic carbocycles. The zero-order valence-corrected chi connectivity index (χ0v) is 14.4. The van der Waals surface area contributed by atoms with Crippen molar-refractivity contribution in [1.29, 1.82) is 5.26 Å². The summed E-state index contributed by atoms with van der Waals surface area (Å²) in [4.78, 5) is 4.37. The summed E-state index contributed by atoms with van der Waals surface area (Å²) in [7, 11) is 0. The van der Waals surface area contributed by atoms with Crippen LogP contribution in [-0.2, 0) is 0 Å². The smallest absolute Gasteiger partial charge is 0.134 e. The number of thiazole rings is 1. The number of benzene rings is 1. The van der Waals surface area contributed by atoms with Gasteiger partial charge < -0.3 is 0 Å². The zero-order valence-electron chi connectivity index (χ0n) is 13.5. The average molecular weight is 338 g/mol. The second-order valence-corrected chi connectivity index (χ2v) is 6.29. The van der Waals surface area contributed by atoms with Crippen LogP contribution in [0.2, 0.25) is 0 Å². The lowest BCUT2D eigenvalue weighted by molar-refractivity contribution is 0.627. The van der Waals surface area contributed by atoms with Crippen molar-refractivity contribution in [2.24, 2.45) is 0 Å². The molecule has 0 atom stereocenters. The lowest BCUT2D eigenvalue weighted by atomic mass is 10.1. The van der Waals surface area contributed by atoms with Crippen LogP contribution in [0.4, 0.5) is 4.39 Å². The topological polar surface area (TPSA) is 54.5 Å². The fourth-order valence-corrected chi connectivity index (χ4v) is 3.22. The first-order valence-corrected chi connectivity index (χ1v) is 8.24. The Kier molecular flexibility index (Phi) is 4.28. The normalized spacial score (nSPS) is 11.5. The van der Waals surface area contributed by atoms with Crippen LogP contribution in [0.3, 0.4) is 0 Å². The third kappa shape index (κ3) is 2.99. The van der Waals surface area contributed by atoms with Gasteiger partial charge in [0.25, 0.3) is 0 Å². The van der Waals surface area contributed by atoms with Crippen LogP contribution in [0.15, 0.2) is 29.6 Å². The summed E-state index contributed by atoms with van der Waals surface area (Å²) in [5.74, 6) is -0.286. The third-order valence-corrected chi connectivity index (χ3v) is 4.67. The molecule has 2 aromatic heterocycles. The van der Waals surface area contributed by atoms with Crippen LogP contribution < -0.4 is 0 Å². The Labute approximate surface area is 143 Å². The maximum Gasteiger partial charge on any atom is 0.134 e. The largest absolute Gasteiger partial charge is 0.241 e. The summed E-state index contributed by atoms with van der Waals surface area (Å²) in [6.45, 7) is 5.72. The van der Waals surface area contributed by atoms with Crippen molar-refractivity contribution in [1.82, 2.24) is 14.8 Å². The van der Waals surface area contributed by atoms with Gasteiger partial charge in [0.15, 0.2) is 0 Å². The molecule has 4 nitrogen and oxygen atoms in total. The maximum atomic E-state index is 13.1. The molecule has 0 amide bonds. The molecule has 2 heterocycles. The van der Waals surface area contributed by atoms with E-state index in [9.17, 15) is 9.65 Å². The van der Waals surface area contributed by atoms with Gasteiger partial charge in [-0.15, -0.1) is 11.3 Å². The Bertz CT molecular complexity index is 958. The minimum absolute atomic E-state index is 0.286. The highest BCUT2D eigenvalue weighted by molar-refractivity contribution is 7.11. The summed E-state index contributed by atoms with van der Waals surface area (Å²) in [5.41, 5.74) is 4.76. The molecular formula is C18H15FN4S. The molecule has 0 aliphatic carbocycles. The molecule has 120 valence electrons. The second-order valence-electron chi connectivity index (χ2n) is 5.44. The highest BCUT2D eigenvalue weighted by Crippen LogP contribution is 2.25. The van der Waals surface area contributed by atoms with Crippen LogP contribution in [0.5, 0.6) is 0 Å². The van der Waals surface area contributed by atoms with Gasteiger partial charge in [-0.05, 0) is 51.1 Å². The molecule has 0 spiro atoms. The first-order valence-electron chi connectivity index (χ1n) is 7.36. The van der Waals surface area contributed by atoms with E-state index in [-0.39, 0.29) is 5.82 Å². The first kappa shape index (κ1) is 16.1. The van der Waals surface area contributed by atoms with E-state index in [2.05, 4.69) is 16.2 Å². The molecule has 3 aromatic rings. The van der Waals surface area contributed by atoms with Crippen molar-refractivity contribution in [3.8, 4) is 11.8 Å². The average Bonchev–Trinajstić information content (AvgIpc) is 3.11. The van der Waals surface area contributed by atoms with Crippen LogP contribution in [-0.4, -0.2) is 14.8 Å². The van der Waals surface area contributed by atoms with E-state index in [1.54, 1.807) is 16.8 Å². The Morgan fingerprint density at radius 1 is 1.25 bits per heavy atom. The van der Waals surface area contributed by atoms with E-state index in [1.165, 1.54) is 23.5 Å². The lowest BCUT2D eigenvalue weighted by Crippen LogP contribution is -1.99. The Balaban J connectivity index is 2.07. The van der Waals surface area contributed by atoms with Gasteiger partial charge in [-0.25, -0.2) is 14.1 Å². The van der Waals surface area contributed by atoms with Crippen molar-refractivity contribution < 1.29 is 4.39 Å². The Morgan fingerprint density at radius 3 is 2.54 bits per heavy atom. The molecular weight excluding hydrogens is 323 g/mol. The highest BCUT2D eigenvalue weighted by Gasteiger charge is 2.14. The molecule has 0 saturated carbocycles. The third-order valence-electron chi connectivity index (χ3n) is 3.68. The summed E-state index contributed by atoms with van der Waals surface area (Å²) >= 11 is 1.45. The summed E-state index contributed by atoms with van der Waals surface area (Å²) in [5, 5.41) is 16.6. The lowest BCUT2D eigenvalue weighted by Gasteiger charge is -2.04. The zero-order chi connectivity index (χ0) is 17.3. The number of halogens is 1. The van der Waals surface area contributed by atoms with Crippen molar-refractivity contribution in [3.05, 3.63) is 63.1 Å². The number of aryl methyl sites for hydroxylation is 2. The van der Waals surface area contributed by atoms with Gasteiger partial charge in [-0.1, -0.05) is 0 Å². The van der Waals surface area contributed by atoms with Crippen LogP contribution in [0, 0.1) is 37.9 Å². The van der Waals surface area contributed by atoms with Crippen molar-refractivity contribution in [2.75, 3.05) is 0 Å². The SMILES string of the molecule is Cc1csc(/C(C#N)=C/c2c(C)nn(-c3ccc(F)cc3)c2C)n1. The molecule has 0 unspecified atom stereocenters. The number of nitriles is 1. The predicted octanol–water partition coefficient (Wildman–Crippen LogP) is 4.46. The van der Waals surface area contributed by atoms with E-state index >= 15 is 0 Å². The van der Waals surface area contributed by atoms with E-state index < -0.39 is 0 Å². The number of aromatic nitrogens is 3. The summed E-state index contributed by atoms with van der Waals surface area (Å²) in [6.07, 6.45) is 1.82. The van der Waals surface area contributed by atoms with Crippen molar-refractivity contribution in [2.45, 2.75) is 20.8 Å². The van der Waals surface area contributed by atoms with Gasteiger partial charge in [0.2, 0.25) is 0 Å². The first-order chi connectivity index (χ1) is 11.5. The second kappa shape index (κ2) is 6.38. The highest BCUT2D eigenvalue weighted by atomic mass is 32.1. The van der Waals surface area contributed by atoms with Gasteiger partial charge >= 0.3 is 0 Å². The Hall–Kier alpha value is -2.78. The predicted molar refractivity (Wildman–Crippen MR) is 93.3 cm³/mol. The fourth-order valence-electron chi connectivity index (χ4n) is 2.46. The summed E-state index contributed by atoms with van der Waals surface area (Å²) in [6, 6.07) is 8.38. The number of nitrogens with zero attached hydrogens (tertiary/aromatic N) is 4. The van der Waals surface area contributed by atoms with Gasteiger partial charge in [0.1, 0.15) is 16.9 Å². The van der Waals surface area contributed by atoms with Crippen LogP contribution >= 0.6 is 11.3 Å². The van der Waals surface area contributed by atoms with Gasteiger partial charge in [0, 0.05) is 22.3 Å². The number of allylic oxidation sites excluding steroid dienone is 1. The van der Waals surface area contributed by atoms with Crippen molar-refractivity contribution in [3.63, 3.8) is 0 Å². The van der Waals surface area contributed by atoms with Gasteiger partial charge in [0.05, 0.1) is 17.0 Å². The molecule has 24 heavy (non-hydrogen) atoms. The fraction of sp³-hybridized carbons (Fsp3) is 0.167. The van der Waals surface area contributed by atoms with Crippen molar-refractivity contribution >= 4 is 23.0 Å². The molecule has 0 saturated heterocycles. The van der Waals surface area contributed by atoms with Crippen LogP contribution in [0.1, 0.15) is 27.7 Å². The Morgan fingerprint density at radius 2 is 1.96 bits per heavy atom. The van der Waals surface area contributed by atoms with E-state index in [0.29, 0.717) is 10.6 Å². The number of rotatable bonds is 3. The standard InChI is InChI=1S/C18H15FN4S/c1-11-10-24-18(21-11)14(9-20)8-17-12(2)22-23(13(17)3)16-6-4-15(19)5-7-16/h4-8,10H,1-3H3/b14-8+. The minimum Gasteiger partial charge on any atom is -0.241 e. The van der Waals surface area contributed by atoms with Gasteiger partial charge in [-0.2, -0.15) is 10.4 Å². The molecule has 0 fully saturated rings.